The van der Waals surface area contributed by atoms with E-state index >= 15 is 0 Å². The Morgan fingerprint density at radius 1 is 1.07 bits per heavy atom. The van der Waals surface area contributed by atoms with Gasteiger partial charge in [-0.05, 0) is 5.92 Å². The number of aliphatic hydroxyl groups excluding tert-OH is 5. The maximum absolute atomic E-state index is 12.3. The summed E-state index contributed by atoms with van der Waals surface area (Å²) in [5, 5.41) is 51.7. The minimum absolute atomic E-state index is 0. The summed E-state index contributed by atoms with van der Waals surface area (Å²) in [5.41, 5.74) is -1.81. The molecule has 0 radical (unpaired) electrons. The quantitative estimate of drug-likeness (QED) is 0.0695. The number of hydrogen-bond donors (Lipinski definition) is 7. The average molecular weight is 661 g/mol. The van der Waals surface area contributed by atoms with Crippen LogP contribution in [0.2, 0.25) is 0 Å². The second-order valence-corrected chi connectivity index (χ2v) is 11.2. The summed E-state index contributed by atoms with van der Waals surface area (Å²) in [6, 6.07) is -0.990. The number of carbonyl (C=O) groups excluding carboxylic acids is 1. The number of aliphatic hydroxyl groups is 5. The van der Waals surface area contributed by atoms with Crippen LogP contribution in [0.15, 0.2) is 21.9 Å². The van der Waals surface area contributed by atoms with E-state index < -0.39 is 101 Å². The molecule has 3 rings (SSSR count). The van der Waals surface area contributed by atoms with Gasteiger partial charge in [0.05, 0.1) is 13.2 Å². The molecule has 42 heavy (non-hydrogen) atoms. The van der Waals surface area contributed by atoms with E-state index in [0.717, 1.165) is 12.3 Å². The van der Waals surface area contributed by atoms with Gasteiger partial charge in [0.1, 0.15) is 42.7 Å². The van der Waals surface area contributed by atoms with E-state index in [1.54, 1.807) is 5.92 Å². The molecule has 0 aromatic carbocycles. The molecule has 0 bridgehead atoms. The van der Waals surface area contributed by atoms with Crippen LogP contribution in [0.5, 0.6) is 0 Å². The molecule has 2 unspecified atom stereocenters. The first-order valence-corrected chi connectivity index (χ1v) is 13.9. The molecule has 2 fully saturated rings. The van der Waals surface area contributed by atoms with Gasteiger partial charge in [-0.3, -0.25) is 32.8 Å². The molecule has 11 atom stereocenters. The van der Waals surface area contributed by atoms with Crippen molar-refractivity contribution in [2.45, 2.75) is 55.2 Å². The van der Waals surface area contributed by atoms with Gasteiger partial charge in [-0.15, -0.1) is 6.42 Å². The van der Waals surface area contributed by atoms with Gasteiger partial charge >= 0.3 is 64.8 Å². The summed E-state index contributed by atoms with van der Waals surface area (Å²) in [6.07, 6.45) is -8.91. The first-order valence-electron chi connectivity index (χ1n) is 11.0. The third kappa shape index (κ3) is 9.84. The molecule has 2 saturated heterocycles. The van der Waals surface area contributed by atoms with Gasteiger partial charge in [-0.1, -0.05) is 0 Å². The van der Waals surface area contributed by atoms with Crippen molar-refractivity contribution in [1.82, 2.24) is 14.9 Å². The summed E-state index contributed by atoms with van der Waals surface area (Å²) in [7, 11) is -11.9. The number of hydrogen-bond acceptors (Lipinski definition) is 17. The molecular formula is C18H23N3Na2O17P2. The van der Waals surface area contributed by atoms with E-state index in [2.05, 4.69) is 13.4 Å². The number of nitrogens with zero attached hydrogens (tertiary/aromatic N) is 1. The van der Waals surface area contributed by atoms with Crippen LogP contribution in [0.3, 0.4) is 0 Å². The Hall–Kier alpha value is -0.310. The third-order valence-corrected chi connectivity index (χ3v) is 8.13. The number of H-pyrrole nitrogens is 1. The van der Waals surface area contributed by atoms with Crippen LogP contribution < -0.4 is 85.5 Å². The maximum atomic E-state index is 12.3. The molecule has 0 aliphatic carbocycles. The van der Waals surface area contributed by atoms with Gasteiger partial charge in [0.25, 0.3) is 27.1 Å². The molecule has 0 saturated carbocycles. The number of carbonyl (C=O) groups is 1. The number of ether oxygens (including phenoxy) is 2. The van der Waals surface area contributed by atoms with Crippen molar-refractivity contribution in [2.24, 2.45) is 0 Å². The van der Waals surface area contributed by atoms with E-state index in [0.29, 0.717) is 4.57 Å². The largest absolute Gasteiger partial charge is 1.00 e. The Labute approximate surface area is 279 Å². The Morgan fingerprint density at radius 3 is 2.26 bits per heavy atom. The van der Waals surface area contributed by atoms with E-state index in [9.17, 15) is 58.8 Å². The summed E-state index contributed by atoms with van der Waals surface area (Å²) >= 11 is 0. The number of amides is 1. The van der Waals surface area contributed by atoms with E-state index in [4.69, 9.17) is 15.9 Å². The van der Waals surface area contributed by atoms with E-state index in [1.165, 1.54) is 0 Å². The van der Waals surface area contributed by atoms with Gasteiger partial charge in [0.15, 0.2) is 12.5 Å². The number of terminal acetylenes is 1. The molecule has 1 aromatic heterocycles. The van der Waals surface area contributed by atoms with Crippen molar-refractivity contribution in [3.05, 3.63) is 33.1 Å². The fraction of sp³-hybridized carbons (Fsp3) is 0.611. The maximum Gasteiger partial charge on any atom is 1.00 e. The Kier molecular flexibility index (Phi) is 15.4. The van der Waals surface area contributed by atoms with Gasteiger partial charge in [0, 0.05) is 12.3 Å². The van der Waals surface area contributed by atoms with Crippen molar-refractivity contribution in [2.75, 3.05) is 13.2 Å². The Balaban J connectivity index is 0.00000441. The molecule has 0 spiro atoms. The van der Waals surface area contributed by atoms with Crippen molar-refractivity contribution >= 4 is 21.6 Å². The van der Waals surface area contributed by atoms with Crippen molar-refractivity contribution in [3.8, 4) is 12.3 Å². The minimum atomic E-state index is -6.00. The van der Waals surface area contributed by atoms with Crippen LogP contribution in [-0.2, 0) is 36.8 Å². The van der Waals surface area contributed by atoms with Crippen molar-refractivity contribution < 1.29 is 131 Å². The van der Waals surface area contributed by atoms with E-state index in [-0.39, 0.29) is 59.1 Å². The molecule has 1 aromatic rings. The Morgan fingerprint density at radius 2 is 1.69 bits per heavy atom. The fourth-order valence-electron chi connectivity index (χ4n) is 3.70. The average Bonchev–Trinajstić information content (AvgIpc) is 3.14. The number of phosphoric acid groups is 2. The molecule has 1 amide bonds. The normalized spacial score (nSPS) is 33.6. The minimum Gasteiger partial charge on any atom is -0.756 e. The van der Waals surface area contributed by atoms with Gasteiger partial charge in [-0.25, -0.2) is 9.11 Å². The first-order chi connectivity index (χ1) is 18.6. The summed E-state index contributed by atoms with van der Waals surface area (Å²) < 4.78 is 48.2. The SMILES string of the molecule is C#CC(=O)N[C@H]1[C@@H](OP(=O)([O-])OP(=O)([O-])OC[C@H]2O[C@@H](n3ccc(=O)[nH]c3=O)[C@H](O)[C@@H]2O)O[C@H](CO)[C@H](O)[C@@H]1O.[Na+].[Na+]. The molecule has 20 nitrogen and oxygen atoms in total. The predicted molar refractivity (Wildman–Crippen MR) is 119 cm³/mol. The molecule has 3 heterocycles. The molecular weight excluding hydrogens is 638 g/mol. The standard InChI is InChI=1S/C18H25N3O17P2.2Na/c1-2-9(23)19-11-14(27)12(25)7(5-22)36-17(11)37-40(32,33)38-39(30,31)34-6-8-13(26)15(28)16(35-8)21-4-3-10(24)20-18(21)29;;/h1,3-4,7-8,11-17,22,25-28H,5-6H2,(H,19,23)(H,30,31)(H,32,33)(H,20,24,29);;/q;2*+1/p-2/t7-,8-,11-,12+,13-,14-,15-,16-,17-;;/m1../s1. The monoisotopic (exact) mass is 661 g/mol. The third-order valence-electron chi connectivity index (χ3n) is 5.60. The summed E-state index contributed by atoms with van der Waals surface area (Å²) in [5.74, 6) is 0.370. The van der Waals surface area contributed by atoms with E-state index in [1.807, 2.05) is 10.3 Å². The fourth-order valence-corrected chi connectivity index (χ4v) is 5.79. The topological polar surface area (TPSA) is 312 Å². The number of phosphoric ester groups is 2. The summed E-state index contributed by atoms with van der Waals surface area (Å²) in [6.45, 7) is -2.12. The van der Waals surface area contributed by atoms with Crippen LogP contribution in [0, 0.1) is 12.3 Å². The van der Waals surface area contributed by atoms with Crippen molar-refractivity contribution in [1.29, 1.82) is 0 Å². The molecule has 24 heteroatoms. The van der Waals surface area contributed by atoms with Crippen molar-refractivity contribution in [3.63, 3.8) is 0 Å². The van der Waals surface area contributed by atoms with Crippen LogP contribution >= 0.6 is 15.6 Å². The van der Waals surface area contributed by atoms with Crippen LogP contribution in [0.1, 0.15) is 6.23 Å². The number of aromatic nitrogens is 2. The second-order valence-electron chi connectivity index (χ2n) is 8.29. The summed E-state index contributed by atoms with van der Waals surface area (Å²) in [4.78, 5) is 61.1. The number of rotatable bonds is 10. The number of aromatic amines is 1. The number of nitrogens with one attached hydrogen (secondary N) is 2. The van der Waals surface area contributed by atoms with Crippen LogP contribution in [0.4, 0.5) is 0 Å². The van der Waals surface area contributed by atoms with Crippen LogP contribution in [-0.4, -0.2) is 103 Å². The predicted octanol–water partition coefficient (Wildman–Crippen LogP) is -12.3. The second kappa shape index (κ2) is 16.3. The molecule has 7 N–H and O–H groups in total. The smallest absolute Gasteiger partial charge is 0.756 e. The zero-order chi connectivity index (χ0) is 30.0. The zero-order valence-electron chi connectivity index (χ0n) is 21.8. The first kappa shape index (κ1) is 39.7. The molecule has 224 valence electrons. The van der Waals surface area contributed by atoms with Gasteiger partial charge in [-0.2, -0.15) is 0 Å². The zero-order valence-corrected chi connectivity index (χ0v) is 27.6. The molecule has 2 aliphatic rings. The van der Waals surface area contributed by atoms with Gasteiger partial charge < -0.3 is 54.6 Å². The molecule has 2 aliphatic heterocycles. The van der Waals surface area contributed by atoms with Gasteiger partial charge in [0.2, 0.25) is 0 Å². The Bertz CT molecular complexity index is 1340. The van der Waals surface area contributed by atoms with Crippen LogP contribution in [0.25, 0.3) is 0 Å².